The average Bonchev–Trinajstić information content (AvgIpc) is 2.24. The van der Waals surface area contributed by atoms with Gasteiger partial charge in [-0.05, 0) is 46.3 Å². The van der Waals surface area contributed by atoms with Crippen LogP contribution in [-0.2, 0) is 0 Å². The molecular weight excluding hydrogens is 264 g/mol. The molecule has 16 heavy (non-hydrogen) atoms. The normalized spacial score (nSPS) is 24.1. The Bertz CT molecular complexity index is 363. The second kappa shape index (κ2) is 4.74. The molecule has 0 aliphatic heterocycles. The van der Waals surface area contributed by atoms with Crippen molar-refractivity contribution in [2.75, 3.05) is 5.32 Å². The van der Waals surface area contributed by atoms with E-state index in [2.05, 4.69) is 46.1 Å². The maximum atomic E-state index is 4.25. The molecule has 1 heterocycles. The molecule has 1 saturated carbocycles. The van der Waals surface area contributed by atoms with Gasteiger partial charge in [0.1, 0.15) is 4.60 Å². The van der Waals surface area contributed by atoms with Crippen LogP contribution in [0.3, 0.4) is 0 Å². The van der Waals surface area contributed by atoms with Crippen LogP contribution in [0.2, 0.25) is 0 Å². The van der Waals surface area contributed by atoms with E-state index >= 15 is 0 Å². The molecule has 0 bridgehead atoms. The maximum absolute atomic E-state index is 4.25. The minimum absolute atomic E-state index is 0.382. The van der Waals surface area contributed by atoms with E-state index in [1.807, 2.05) is 6.07 Å². The van der Waals surface area contributed by atoms with Gasteiger partial charge in [-0.3, -0.25) is 0 Å². The lowest BCUT2D eigenvalue weighted by molar-refractivity contribution is 0.217. The van der Waals surface area contributed by atoms with Crippen molar-refractivity contribution in [2.24, 2.45) is 5.41 Å². The summed E-state index contributed by atoms with van der Waals surface area (Å²) in [6, 6.07) is 4.62. The average molecular weight is 283 g/mol. The Hall–Kier alpha value is -0.570. The van der Waals surface area contributed by atoms with Crippen LogP contribution in [0.5, 0.6) is 0 Å². The first-order valence-electron chi connectivity index (χ1n) is 5.97. The molecule has 1 aromatic rings. The Morgan fingerprint density at radius 2 is 2.25 bits per heavy atom. The molecule has 3 heteroatoms. The first kappa shape index (κ1) is 11.9. The van der Waals surface area contributed by atoms with Gasteiger partial charge in [0.05, 0.1) is 5.69 Å². The molecule has 1 aromatic heterocycles. The van der Waals surface area contributed by atoms with Gasteiger partial charge < -0.3 is 5.32 Å². The molecule has 1 unspecified atom stereocenters. The number of pyridine rings is 1. The van der Waals surface area contributed by atoms with Crippen LogP contribution in [0, 0.1) is 5.41 Å². The lowest BCUT2D eigenvalue weighted by atomic mass is 9.73. The number of hydrogen-bond donors (Lipinski definition) is 1. The summed E-state index contributed by atoms with van der Waals surface area (Å²) < 4.78 is 0.913. The second-order valence-electron chi connectivity index (χ2n) is 5.27. The van der Waals surface area contributed by atoms with E-state index in [1.54, 1.807) is 6.20 Å². The molecule has 0 aromatic carbocycles. The van der Waals surface area contributed by atoms with Crippen molar-refractivity contribution in [1.29, 1.82) is 0 Å². The fourth-order valence-corrected chi connectivity index (χ4v) is 2.81. The zero-order valence-corrected chi connectivity index (χ0v) is 11.5. The van der Waals surface area contributed by atoms with Crippen molar-refractivity contribution in [3.05, 3.63) is 22.9 Å². The quantitative estimate of drug-likeness (QED) is 0.822. The van der Waals surface area contributed by atoms with Gasteiger partial charge in [0, 0.05) is 12.2 Å². The van der Waals surface area contributed by atoms with Gasteiger partial charge in [-0.2, -0.15) is 0 Å². The zero-order chi connectivity index (χ0) is 11.6. The molecule has 2 nitrogen and oxygen atoms in total. The highest BCUT2D eigenvalue weighted by molar-refractivity contribution is 9.10. The topological polar surface area (TPSA) is 24.9 Å². The number of nitrogens with one attached hydrogen (secondary N) is 1. The van der Waals surface area contributed by atoms with Crippen LogP contribution in [-0.4, -0.2) is 11.0 Å². The molecule has 0 amide bonds. The van der Waals surface area contributed by atoms with Gasteiger partial charge >= 0.3 is 0 Å². The predicted octanol–water partition coefficient (Wildman–Crippen LogP) is 4.22. The molecule has 1 N–H and O–H groups in total. The monoisotopic (exact) mass is 282 g/mol. The Morgan fingerprint density at radius 1 is 1.44 bits per heavy atom. The minimum Gasteiger partial charge on any atom is -0.380 e. The summed E-state index contributed by atoms with van der Waals surface area (Å²) >= 11 is 3.49. The molecular formula is C13H19BrN2. The van der Waals surface area contributed by atoms with Crippen LogP contribution in [0.15, 0.2) is 22.9 Å². The third kappa shape index (κ3) is 2.57. The van der Waals surface area contributed by atoms with Crippen LogP contribution in [0.25, 0.3) is 0 Å². The highest BCUT2D eigenvalue weighted by Crippen LogP contribution is 2.37. The van der Waals surface area contributed by atoms with E-state index in [-0.39, 0.29) is 0 Å². The van der Waals surface area contributed by atoms with E-state index in [0.29, 0.717) is 11.5 Å². The number of rotatable bonds is 2. The summed E-state index contributed by atoms with van der Waals surface area (Å²) in [4.78, 5) is 4.25. The third-order valence-electron chi connectivity index (χ3n) is 3.60. The van der Waals surface area contributed by atoms with Gasteiger partial charge in [-0.1, -0.05) is 26.7 Å². The maximum Gasteiger partial charge on any atom is 0.129 e. The van der Waals surface area contributed by atoms with Crippen molar-refractivity contribution in [3.8, 4) is 0 Å². The van der Waals surface area contributed by atoms with E-state index < -0.39 is 0 Å². The van der Waals surface area contributed by atoms with E-state index in [9.17, 15) is 0 Å². The van der Waals surface area contributed by atoms with Gasteiger partial charge in [0.25, 0.3) is 0 Å². The van der Waals surface area contributed by atoms with E-state index in [0.717, 1.165) is 10.3 Å². The van der Waals surface area contributed by atoms with E-state index in [1.165, 1.54) is 25.7 Å². The van der Waals surface area contributed by atoms with Gasteiger partial charge in [0.2, 0.25) is 0 Å². The number of aromatic nitrogens is 1. The van der Waals surface area contributed by atoms with Crippen molar-refractivity contribution in [3.63, 3.8) is 0 Å². The Morgan fingerprint density at radius 3 is 2.94 bits per heavy atom. The van der Waals surface area contributed by atoms with Crippen molar-refractivity contribution in [2.45, 2.75) is 45.6 Å². The molecule has 1 aliphatic rings. The zero-order valence-electron chi connectivity index (χ0n) is 9.96. The fraction of sp³-hybridized carbons (Fsp3) is 0.615. The largest absolute Gasteiger partial charge is 0.380 e. The molecule has 88 valence electrons. The summed E-state index contributed by atoms with van der Waals surface area (Å²) in [7, 11) is 0. The molecule has 0 saturated heterocycles. The molecule has 1 atom stereocenters. The van der Waals surface area contributed by atoms with Gasteiger partial charge in [-0.25, -0.2) is 4.98 Å². The summed E-state index contributed by atoms with van der Waals surface area (Å²) in [5.41, 5.74) is 1.50. The smallest absolute Gasteiger partial charge is 0.129 e. The predicted molar refractivity (Wildman–Crippen MR) is 71.6 cm³/mol. The standard InChI is InChI=1S/C13H19BrN2/c1-13(2)8-4-3-7-11(13)16-10-6-5-9-15-12(10)14/h5-6,9,11,16H,3-4,7-8H2,1-2H3. The Balaban J connectivity index is 2.12. The minimum atomic E-state index is 0.382. The lowest BCUT2D eigenvalue weighted by Crippen LogP contribution is -2.39. The molecule has 2 rings (SSSR count). The first-order chi connectivity index (χ1) is 7.59. The first-order valence-corrected chi connectivity index (χ1v) is 6.76. The molecule has 1 fully saturated rings. The van der Waals surface area contributed by atoms with Gasteiger partial charge in [-0.15, -0.1) is 0 Å². The summed E-state index contributed by atoms with van der Waals surface area (Å²) in [5.74, 6) is 0. The third-order valence-corrected chi connectivity index (χ3v) is 4.23. The second-order valence-corrected chi connectivity index (χ2v) is 6.02. The number of hydrogen-bond acceptors (Lipinski definition) is 2. The number of halogens is 1. The van der Waals surface area contributed by atoms with E-state index in [4.69, 9.17) is 0 Å². The van der Waals surface area contributed by atoms with Crippen molar-refractivity contribution in [1.82, 2.24) is 4.98 Å². The van der Waals surface area contributed by atoms with Gasteiger partial charge in [0.15, 0.2) is 0 Å². The summed E-state index contributed by atoms with van der Waals surface area (Å²) in [5, 5.41) is 3.63. The van der Waals surface area contributed by atoms with Crippen LogP contribution in [0.1, 0.15) is 39.5 Å². The van der Waals surface area contributed by atoms with Crippen LogP contribution < -0.4 is 5.32 Å². The molecule has 0 spiro atoms. The number of anilines is 1. The van der Waals surface area contributed by atoms with Crippen LogP contribution >= 0.6 is 15.9 Å². The summed E-state index contributed by atoms with van der Waals surface area (Å²) in [6.07, 6.45) is 7.07. The van der Waals surface area contributed by atoms with Crippen molar-refractivity contribution < 1.29 is 0 Å². The SMILES string of the molecule is CC1(C)CCCCC1Nc1cccnc1Br. The summed E-state index contributed by atoms with van der Waals surface area (Å²) in [6.45, 7) is 4.71. The molecule has 1 aliphatic carbocycles. The van der Waals surface area contributed by atoms with Crippen molar-refractivity contribution >= 4 is 21.6 Å². The lowest BCUT2D eigenvalue weighted by Gasteiger charge is -2.39. The highest BCUT2D eigenvalue weighted by atomic mass is 79.9. The fourth-order valence-electron chi connectivity index (χ4n) is 2.44. The highest BCUT2D eigenvalue weighted by Gasteiger charge is 2.32. The number of nitrogens with zero attached hydrogens (tertiary/aromatic N) is 1. The Kier molecular flexibility index (Phi) is 3.53. The Labute approximate surface area is 106 Å². The van der Waals surface area contributed by atoms with Crippen LogP contribution in [0.4, 0.5) is 5.69 Å². The molecule has 0 radical (unpaired) electrons.